The molecule has 13 heavy (non-hydrogen) atoms. The van der Waals surface area contributed by atoms with Crippen molar-refractivity contribution in [2.75, 3.05) is 12.4 Å². The van der Waals surface area contributed by atoms with Crippen LogP contribution in [0, 0.1) is 0 Å². The summed E-state index contributed by atoms with van der Waals surface area (Å²) < 4.78 is 1.89. The second-order valence-electron chi connectivity index (χ2n) is 3.09. The molecule has 0 saturated carbocycles. The highest BCUT2D eigenvalue weighted by molar-refractivity contribution is 5.24. The molecule has 0 aliphatic rings. The largest absolute Gasteiger partial charge is 0.357 e. The van der Waals surface area contributed by atoms with E-state index in [4.69, 9.17) is 5.73 Å². The van der Waals surface area contributed by atoms with Crippen molar-refractivity contribution < 1.29 is 0 Å². The second-order valence-corrected chi connectivity index (χ2v) is 3.09. The molecule has 1 aromatic heterocycles. The topological polar surface area (TPSA) is 68.8 Å². The molecule has 1 atom stereocenters. The molecule has 1 rings (SSSR count). The summed E-state index contributed by atoms with van der Waals surface area (Å²) in [5.41, 5.74) is 5.92. The monoisotopic (exact) mass is 183 g/mol. The number of aromatic nitrogens is 3. The Labute approximate surface area is 78.3 Å². The van der Waals surface area contributed by atoms with Gasteiger partial charge < -0.3 is 11.1 Å². The summed E-state index contributed by atoms with van der Waals surface area (Å²) in [6, 6.07) is -0.00963. The summed E-state index contributed by atoms with van der Waals surface area (Å²) in [7, 11) is 3.73. The fourth-order valence-corrected chi connectivity index (χ4v) is 1.32. The van der Waals surface area contributed by atoms with E-state index in [0.717, 1.165) is 24.6 Å². The summed E-state index contributed by atoms with van der Waals surface area (Å²) in [4.78, 5) is 0. The smallest absolute Gasteiger partial charge is 0.224 e. The van der Waals surface area contributed by atoms with E-state index >= 15 is 0 Å². The molecule has 3 N–H and O–H groups in total. The predicted octanol–water partition coefficient (Wildman–Crippen LogP) is 0.657. The van der Waals surface area contributed by atoms with E-state index < -0.39 is 0 Å². The van der Waals surface area contributed by atoms with Crippen LogP contribution in [0.4, 0.5) is 5.95 Å². The maximum Gasteiger partial charge on any atom is 0.224 e. The summed E-state index contributed by atoms with van der Waals surface area (Å²) >= 11 is 0. The Morgan fingerprint density at radius 3 is 2.69 bits per heavy atom. The number of rotatable bonds is 4. The van der Waals surface area contributed by atoms with Crippen LogP contribution in [0.15, 0.2) is 0 Å². The van der Waals surface area contributed by atoms with Gasteiger partial charge in [0.1, 0.15) is 0 Å². The number of anilines is 1. The van der Waals surface area contributed by atoms with Crippen LogP contribution in [0.5, 0.6) is 0 Å². The quantitative estimate of drug-likeness (QED) is 0.719. The molecule has 1 aromatic rings. The van der Waals surface area contributed by atoms with E-state index in [1.54, 1.807) is 0 Å². The van der Waals surface area contributed by atoms with Crippen LogP contribution < -0.4 is 11.1 Å². The minimum atomic E-state index is -0.00963. The first-order valence-corrected chi connectivity index (χ1v) is 4.53. The Hall–Kier alpha value is -1.10. The van der Waals surface area contributed by atoms with Crippen LogP contribution in [-0.2, 0) is 7.05 Å². The maximum absolute atomic E-state index is 5.92. The molecular formula is C8H17N5. The van der Waals surface area contributed by atoms with Gasteiger partial charge in [0.25, 0.3) is 0 Å². The van der Waals surface area contributed by atoms with Crippen LogP contribution in [-0.4, -0.2) is 21.8 Å². The maximum atomic E-state index is 5.92. The van der Waals surface area contributed by atoms with Gasteiger partial charge in [0.2, 0.25) is 5.95 Å². The average Bonchev–Trinajstić information content (AvgIpc) is 2.47. The van der Waals surface area contributed by atoms with E-state index in [2.05, 4.69) is 22.4 Å². The second kappa shape index (κ2) is 4.23. The third kappa shape index (κ3) is 1.98. The lowest BCUT2D eigenvalue weighted by Crippen LogP contribution is -2.15. The summed E-state index contributed by atoms with van der Waals surface area (Å²) in [6.45, 7) is 2.11. The Bertz CT molecular complexity index is 267. The molecule has 74 valence electrons. The Morgan fingerprint density at radius 1 is 1.54 bits per heavy atom. The lowest BCUT2D eigenvalue weighted by Gasteiger charge is -2.09. The van der Waals surface area contributed by atoms with Crippen molar-refractivity contribution in [3.8, 4) is 0 Å². The summed E-state index contributed by atoms with van der Waals surface area (Å²) in [5, 5.41) is 10.9. The molecule has 0 unspecified atom stereocenters. The molecule has 0 aromatic carbocycles. The van der Waals surface area contributed by atoms with Gasteiger partial charge in [-0.2, -0.15) is 0 Å². The Balaban J connectivity index is 2.82. The van der Waals surface area contributed by atoms with Crippen LogP contribution in [0.2, 0.25) is 0 Å². The number of hydrogen-bond acceptors (Lipinski definition) is 4. The third-order valence-corrected chi connectivity index (χ3v) is 2.06. The zero-order valence-corrected chi connectivity index (χ0v) is 8.41. The van der Waals surface area contributed by atoms with Gasteiger partial charge in [0.05, 0.1) is 6.04 Å². The van der Waals surface area contributed by atoms with Gasteiger partial charge in [0.15, 0.2) is 5.82 Å². The molecule has 1 heterocycles. The van der Waals surface area contributed by atoms with Crippen molar-refractivity contribution >= 4 is 5.95 Å². The van der Waals surface area contributed by atoms with Crippen LogP contribution in [0.1, 0.15) is 31.6 Å². The van der Waals surface area contributed by atoms with Gasteiger partial charge in [-0.1, -0.05) is 13.3 Å². The van der Waals surface area contributed by atoms with Gasteiger partial charge in [-0.3, -0.25) is 4.57 Å². The van der Waals surface area contributed by atoms with E-state index in [0.29, 0.717) is 0 Å². The Morgan fingerprint density at radius 2 is 2.23 bits per heavy atom. The van der Waals surface area contributed by atoms with Gasteiger partial charge in [-0.25, -0.2) is 0 Å². The predicted molar refractivity (Wildman–Crippen MR) is 52.4 cm³/mol. The molecule has 5 heteroatoms. The van der Waals surface area contributed by atoms with Gasteiger partial charge >= 0.3 is 0 Å². The van der Waals surface area contributed by atoms with Gasteiger partial charge in [0, 0.05) is 14.1 Å². The van der Waals surface area contributed by atoms with Crippen molar-refractivity contribution in [3.05, 3.63) is 5.82 Å². The standard InChI is InChI=1S/C8H17N5/c1-4-5-6(9)7-11-12-8(10-2)13(7)3/h6H,4-5,9H2,1-3H3,(H,10,12)/t6-/m0/s1. The lowest BCUT2D eigenvalue weighted by molar-refractivity contribution is 0.578. The molecule has 0 bridgehead atoms. The summed E-state index contributed by atoms with van der Waals surface area (Å²) in [5.74, 6) is 1.59. The molecular weight excluding hydrogens is 166 g/mol. The van der Waals surface area contributed by atoms with Crippen LogP contribution >= 0.6 is 0 Å². The molecule has 5 nitrogen and oxygen atoms in total. The number of nitrogens with two attached hydrogens (primary N) is 1. The number of nitrogens with one attached hydrogen (secondary N) is 1. The normalized spacial score (nSPS) is 12.9. The molecule has 0 fully saturated rings. The molecule has 0 radical (unpaired) electrons. The highest BCUT2D eigenvalue weighted by Crippen LogP contribution is 2.15. The zero-order valence-electron chi connectivity index (χ0n) is 8.41. The van der Waals surface area contributed by atoms with Crippen molar-refractivity contribution in [2.24, 2.45) is 12.8 Å². The van der Waals surface area contributed by atoms with Crippen molar-refractivity contribution in [1.29, 1.82) is 0 Å². The van der Waals surface area contributed by atoms with Crippen LogP contribution in [0.3, 0.4) is 0 Å². The molecule has 0 aliphatic carbocycles. The number of nitrogens with zero attached hydrogens (tertiary/aromatic N) is 3. The molecule has 0 aliphatic heterocycles. The first-order valence-electron chi connectivity index (χ1n) is 4.53. The third-order valence-electron chi connectivity index (χ3n) is 2.06. The number of hydrogen-bond donors (Lipinski definition) is 2. The van der Waals surface area contributed by atoms with Crippen LogP contribution in [0.25, 0.3) is 0 Å². The first kappa shape index (κ1) is 9.98. The molecule has 0 saturated heterocycles. The van der Waals surface area contributed by atoms with E-state index in [-0.39, 0.29) is 6.04 Å². The molecule has 0 amide bonds. The van der Waals surface area contributed by atoms with Crippen molar-refractivity contribution in [1.82, 2.24) is 14.8 Å². The summed E-state index contributed by atoms with van der Waals surface area (Å²) in [6.07, 6.45) is 2.00. The SMILES string of the molecule is CCC[C@H](N)c1nnc(NC)n1C. The van der Waals surface area contributed by atoms with Crippen molar-refractivity contribution in [2.45, 2.75) is 25.8 Å². The average molecular weight is 183 g/mol. The van der Waals surface area contributed by atoms with E-state index in [1.165, 1.54) is 0 Å². The highest BCUT2D eigenvalue weighted by atomic mass is 15.3. The lowest BCUT2D eigenvalue weighted by atomic mass is 10.2. The zero-order chi connectivity index (χ0) is 9.84. The van der Waals surface area contributed by atoms with E-state index in [1.807, 2.05) is 18.7 Å². The minimum absolute atomic E-state index is 0.00963. The molecule has 0 spiro atoms. The first-order chi connectivity index (χ1) is 6.20. The minimum Gasteiger partial charge on any atom is -0.357 e. The highest BCUT2D eigenvalue weighted by Gasteiger charge is 2.13. The fourth-order valence-electron chi connectivity index (χ4n) is 1.32. The van der Waals surface area contributed by atoms with Gasteiger partial charge in [-0.15, -0.1) is 10.2 Å². The fraction of sp³-hybridized carbons (Fsp3) is 0.750. The van der Waals surface area contributed by atoms with E-state index in [9.17, 15) is 0 Å². The van der Waals surface area contributed by atoms with Crippen molar-refractivity contribution in [3.63, 3.8) is 0 Å². The van der Waals surface area contributed by atoms with Gasteiger partial charge in [-0.05, 0) is 6.42 Å². The Kier molecular flexibility index (Phi) is 3.25.